The van der Waals surface area contributed by atoms with Crippen LogP contribution in [0.1, 0.15) is 525 Å². The Morgan fingerprint density at radius 2 is 0.732 bits per heavy atom. The fraction of sp³-hybridized carbons (Fsp3) is 0.917. The van der Waals surface area contributed by atoms with Crippen LogP contribution in [0.2, 0.25) is 0 Å². The van der Waals surface area contributed by atoms with Crippen molar-refractivity contribution in [3.05, 3.63) is 71.3 Å². The van der Waals surface area contributed by atoms with Crippen LogP contribution in [0.3, 0.4) is 0 Å². The molecule has 12 unspecified atom stereocenters. The minimum Gasteiger partial charge on any atom is -0.662 e. The second-order valence-electron chi connectivity index (χ2n) is 63.5. The van der Waals surface area contributed by atoms with E-state index in [2.05, 4.69) is 474 Å². The van der Waals surface area contributed by atoms with Crippen LogP contribution in [0.15, 0.2) is 36.5 Å². The zero-order chi connectivity index (χ0) is 112. The number of amides is 1. The van der Waals surface area contributed by atoms with Crippen molar-refractivity contribution in [2.24, 2.45) is 79.3 Å². The van der Waals surface area contributed by atoms with Gasteiger partial charge in [-0.15, -0.1) is 31.8 Å². The number of ether oxygens (including phenoxy) is 1. The molecule has 10 bridgehead atoms. The first-order valence-corrected chi connectivity index (χ1v) is 59.4. The Morgan fingerprint density at radius 1 is 0.383 bits per heavy atom. The minimum atomic E-state index is -0.161. The number of likely N-dealkylation sites (tertiary alicyclic amines) is 3. The molecule has 0 N–H and O–H groups in total. The maximum atomic E-state index is 12.0. The van der Waals surface area contributed by atoms with Crippen molar-refractivity contribution in [2.75, 3.05) is 111 Å². The molecular weight excluding hydrogens is 2500 g/mol. The number of nitrogens with zero attached hydrogens (tertiary/aromatic N) is 11. The summed E-state index contributed by atoms with van der Waals surface area (Å²) in [5.74, 6) is 10.9. The summed E-state index contributed by atoms with van der Waals surface area (Å²) in [7, 11) is 0. The fourth-order valence-corrected chi connectivity index (χ4v) is 21.9. The molecule has 1 amide bonds. The predicted molar refractivity (Wildman–Crippen MR) is 660 cm³/mol. The molecule has 10 saturated heterocycles. The third kappa shape index (κ3) is 71.8. The molecule has 880 valence electrons. The third-order valence-corrected chi connectivity index (χ3v) is 29.5. The molecule has 13 fully saturated rings. The molecule has 10 heterocycles. The zero-order valence-corrected chi connectivity index (χ0v) is 123. The SMILES string of the molecule is C.C.C1=CC2CC1C[N-]2.CC.CC(C)(C)C.CC(C)(C)C.CC(C)(C)C12C[N-]CC1C2.CC(C)(C)CC1CC2C[CH-]CC(C2)C1.CC(C)(C)COC(=O)N1CCCN(C(C)(C)C)CC1.CC(C)(C)N1CC2C=CC1C2.CC(C)(C)N1CC2C=CC1C2.CC(C)(C)N1CC2CCCC1CN2C(C)(C)C.CC(C)(C)N1CCCN(C(C)(C)C)CC1.CCC(C)(C)C.C[C-](C)C.C[C-](C)C.C[C-](C)C.C[C@@H]1CCCN1C(C)(C)C.[U+2].[U+2].[U+2]. The first-order chi connectivity index (χ1) is 65.0. The van der Waals surface area contributed by atoms with Crippen LogP contribution in [0, 0.1) is 197 Å². The van der Waals surface area contributed by atoms with Gasteiger partial charge >= 0.3 is 99.4 Å². The standard InChI is InChI=1S/C15H30N2O2.C15H30N2.C14H25.C13H28N2.2C10H17N.C9H16N.C9H19N.C6H8N.C6H14.2C5H12.3C4H9.C2H6.2CH4.3U/c1-14(2,3)12-19-13(18)16-8-7-9-17(11-10-16)15(4,5)6;1-14(2,3)16-10-13-9-7-8-12(16)11-17(13)15(4,5)6;1-14(2,3)10-13-8-11-5-4-6-12(7-11)9-13;1-12(2,3)14-8-7-9-15(11-10-14)13(4,5)6;2*1-10(2,3)11-7-8-4-5-9(11)6-8;1-8(2,3)9-4-7(9)5-10-6-9;1-8-6-5-7-10(8)9(2,3)4;1-2-6-3-5(1)4-7-6;1-5-6(2,3)4;2*1-5(2,3)4;3*1-4(2)3;1-2;;;;;/h7-12H2,1-6H3;12-13H,7-11H2,1-6H3;4,11-13H,5-10H2,1-3H3;7-11H2,1-6H3;2*4-5,8-9H,6-7H2,1-3H3;7H,4-6H2,1-3H3;8H,5-7H2,1-4H3;1-2,5-6H,3-4H2;5H2,1-4H3;2*1-4H3;3*1-3H3;1-2H3;2*1H4;;;/q;;-1;;;;-1;;-1;;;;3*-1;;;;3*+2/t;;;;;;;8-;;;;;;;;;;;;;/m.......1............./s1. The van der Waals surface area contributed by atoms with Crippen LogP contribution >= 0.6 is 0 Å². The first-order valence-electron chi connectivity index (χ1n) is 59.4. The summed E-state index contributed by atoms with van der Waals surface area (Å²) in [6.45, 7) is 146. The predicted octanol–water partition coefficient (Wildman–Crippen LogP) is 37.0. The topological polar surface area (TPSA) is 83.7 Å². The number of carbonyl (C=O) groups is 1. The van der Waals surface area contributed by atoms with E-state index in [1.165, 1.54) is 186 Å². The average Bonchev–Trinajstić information content (AvgIpc) is 1.55. The summed E-state index contributed by atoms with van der Waals surface area (Å²) >= 11 is 0. The van der Waals surface area contributed by atoms with Crippen molar-refractivity contribution >= 4 is 6.09 Å². The van der Waals surface area contributed by atoms with Gasteiger partial charge in [0.05, 0.1) is 6.61 Å². The molecule has 13 atom stereocenters. The molecule has 0 aromatic carbocycles. The van der Waals surface area contributed by atoms with E-state index in [1.807, 2.05) is 18.7 Å². The van der Waals surface area contributed by atoms with Gasteiger partial charge in [0.2, 0.25) is 0 Å². The van der Waals surface area contributed by atoms with Crippen LogP contribution in [-0.4, -0.2) is 242 Å². The molecule has 6 aliphatic carbocycles. The van der Waals surface area contributed by atoms with Crippen molar-refractivity contribution in [2.45, 2.75) is 606 Å². The van der Waals surface area contributed by atoms with E-state index in [1.54, 1.807) is 0 Å². The van der Waals surface area contributed by atoms with Crippen molar-refractivity contribution in [3.8, 4) is 0 Å². The summed E-state index contributed by atoms with van der Waals surface area (Å²) < 4.78 is 5.39. The summed E-state index contributed by atoms with van der Waals surface area (Å²) in [6, 6.07) is 4.46. The van der Waals surface area contributed by atoms with Gasteiger partial charge in [-0.25, -0.2) is 4.79 Å². The van der Waals surface area contributed by atoms with E-state index in [0.29, 0.717) is 83.9 Å². The molecule has 0 aromatic rings. The van der Waals surface area contributed by atoms with Crippen LogP contribution in [0.5, 0.6) is 0 Å². The summed E-state index contributed by atoms with van der Waals surface area (Å²) in [4.78, 5) is 34.9. The van der Waals surface area contributed by atoms with Gasteiger partial charge in [0, 0.05) is 140 Å². The van der Waals surface area contributed by atoms with Gasteiger partial charge in [0.15, 0.2) is 0 Å². The Labute approximate surface area is 1010 Å². The number of piperidine rings is 1. The number of hydrogen-bond acceptors (Lipinski definition) is 10. The largest absolute Gasteiger partial charge is 2.00 e. The van der Waals surface area contributed by atoms with Gasteiger partial charge in [-0.2, -0.15) is 75.2 Å². The minimum absolute atomic E-state index is 0. The molecule has 10 aliphatic heterocycles. The summed E-state index contributed by atoms with van der Waals surface area (Å²) in [6.07, 6.45) is 41.3. The van der Waals surface area contributed by atoms with Crippen molar-refractivity contribution < 1.29 is 103 Å². The van der Waals surface area contributed by atoms with E-state index in [9.17, 15) is 4.79 Å². The Morgan fingerprint density at radius 3 is 0.946 bits per heavy atom. The van der Waals surface area contributed by atoms with E-state index < -0.39 is 0 Å². The van der Waals surface area contributed by atoms with E-state index >= 15 is 0 Å². The summed E-state index contributed by atoms with van der Waals surface area (Å²) in [5, 5.41) is 8.77. The molecule has 0 radical (unpaired) electrons. The molecule has 0 spiro atoms. The monoisotopic (exact) mass is 2770 g/mol. The molecular formula is C133H269N11O2U3. The Bertz CT molecular complexity index is 3290. The molecule has 13 nitrogen and oxygen atoms in total. The van der Waals surface area contributed by atoms with Crippen molar-refractivity contribution in [3.63, 3.8) is 0 Å². The van der Waals surface area contributed by atoms with Gasteiger partial charge in [0.1, 0.15) is 0 Å². The van der Waals surface area contributed by atoms with E-state index in [4.69, 9.17) is 4.74 Å². The van der Waals surface area contributed by atoms with Crippen molar-refractivity contribution in [1.29, 1.82) is 0 Å². The number of piperazine rings is 1. The maximum Gasteiger partial charge on any atom is 2.00 e. The Hall–Kier alpha value is 1.25. The van der Waals surface area contributed by atoms with E-state index in [0.717, 1.165) is 124 Å². The van der Waals surface area contributed by atoms with Gasteiger partial charge in [-0.05, 0) is 331 Å². The zero-order valence-electron chi connectivity index (χ0n) is 110. The smallest absolute Gasteiger partial charge is 0.662 e. The molecule has 3 saturated carbocycles. The number of hydrogen-bond donors (Lipinski definition) is 0. The molecule has 16 aliphatic rings. The second kappa shape index (κ2) is 71.5. The second-order valence-corrected chi connectivity index (χ2v) is 63.5. The van der Waals surface area contributed by atoms with Crippen LogP contribution in [0.25, 0.3) is 10.6 Å². The van der Waals surface area contributed by atoms with Crippen LogP contribution in [0.4, 0.5) is 4.79 Å². The van der Waals surface area contributed by atoms with Gasteiger partial charge < -0.3 is 44.4 Å². The molecule has 0 aromatic heterocycles. The Balaban J connectivity index is -0.000000374. The van der Waals surface area contributed by atoms with Gasteiger partial charge in [0.25, 0.3) is 0 Å². The number of fused-ring (bicyclic) bond motifs is 13. The first kappa shape index (κ1) is 161. The molecule has 16 heteroatoms. The maximum absolute atomic E-state index is 12.0. The number of rotatable bonds is 2. The van der Waals surface area contributed by atoms with Crippen LogP contribution in [-0.2, 0) is 4.74 Å². The van der Waals surface area contributed by atoms with Gasteiger partial charge in [-0.1, -0.05) is 248 Å². The summed E-state index contributed by atoms with van der Waals surface area (Å²) in [5.41, 5.74) is 5.84. The average molecular weight is 2770 g/mol. The fourth-order valence-electron chi connectivity index (χ4n) is 21.9. The van der Waals surface area contributed by atoms with E-state index in [-0.39, 0.29) is 125 Å². The quantitative estimate of drug-likeness (QED) is 0.197. The van der Waals surface area contributed by atoms with Crippen molar-refractivity contribution in [1.82, 2.24) is 44.1 Å². The number of carbonyl (C=O) groups excluding carboxylic acids is 1. The molecule has 16 rings (SSSR count). The Kier molecular flexibility index (Phi) is 77.1. The van der Waals surface area contributed by atoms with Crippen LogP contribution < -0.4 is 0 Å². The molecule has 149 heavy (non-hydrogen) atoms. The third-order valence-electron chi connectivity index (χ3n) is 29.5. The normalized spacial score (nSPS) is 26.8. The van der Waals surface area contributed by atoms with Gasteiger partial charge in [-0.3, -0.25) is 39.2 Å².